The fourth-order valence-electron chi connectivity index (χ4n) is 5.89. The van der Waals surface area contributed by atoms with Crippen molar-refractivity contribution in [1.82, 2.24) is 0 Å². The molecular formula is C34H33ClN2O3. The second kappa shape index (κ2) is 10.9. The van der Waals surface area contributed by atoms with Gasteiger partial charge < -0.3 is 19.7 Å². The molecule has 1 spiro atoms. The molecule has 4 aromatic rings. The first-order valence-electron chi connectivity index (χ1n) is 14.1. The van der Waals surface area contributed by atoms with E-state index in [-0.39, 0.29) is 5.97 Å². The van der Waals surface area contributed by atoms with E-state index in [1.54, 1.807) is 0 Å². The quantitative estimate of drug-likeness (QED) is 0.166. The third-order valence-corrected chi connectivity index (χ3v) is 8.28. The zero-order chi connectivity index (χ0) is 27.7. The number of halogens is 1. The molecule has 6 heteroatoms. The predicted molar refractivity (Wildman–Crippen MR) is 161 cm³/mol. The molecule has 0 saturated heterocycles. The zero-order valence-electron chi connectivity index (χ0n) is 22.9. The average Bonchev–Trinajstić information content (AvgIpc) is 3.28. The van der Waals surface area contributed by atoms with Crippen LogP contribution >= 0.6 is 11.6 Å². The highest BCUT2D eigenvalue weighted by Crippen LogP contribution is 2.56. The number of unbranched alkanes of at least 4 members (excludes halogenated alkanes) is 3. The molecule has 0 aliphatic carbocycles. The number of benzene rings is 4. The summed E-state index contributed by atoms with van der Waals surface area (Å²) >= 11 is 6.99. The number of carbonyl (C=O) groups is 1. The lowest BCUT2D eigenvalue weighted by Crippen LogP contribution is -2.33. The Balaban J connectivity index is 1.38. The summed E-state index contributed by atoms with van der Waals surface area (Å²) in [6, 6.07) is 27.3. The first kappa shape index (κ1) is 26.3. The van der Waals surface area contributed by atoms with Crippen molar-refractivity contribution in [3.63, 3.8) is 0 Å². The van der Waals surface area contributed by atoms with Crippen molar-refractivity contribution in [2.24, 2.45) is 0 Å². The van der Waals surface area contributed by atoms with Gasteiger partial charge in [0, 0.05) is 35.5 Å². The first-order valence-corrected chi connectivity index (χ1v) is 14.5. The summed E-state index contributed by atoms with van der Waals surface area (Å²) in [6.45, 7) is 6.25. The summed E-state index contributed by atoms with van der Waals surface area (Å²) in [7, 11) is 0. The van der Waals surface area contributed by atoms with Gasteiger partial charge in [-0.05, 0) is 55.8 Å². The van der Waals surface area contributed by atoms with Crippen molar-refractivity contribution in [2.75, 3.05) is 23.3 Å². The van der Waals surface area contributed by atoms with Crippen molar-refractivity contribution in [3.05, 3.63) is 112 Å². The van der Waals surface area contributed by atoms with E-state index in [2.05, 4.69) is 30.1 Å². The maximum absolute atomic E-state index is 13.1. The summed E-state index contributed by atoms with van der Waals surface area (Å²) in [4.78, 5) is 15.5. The summed E-state index contributed by atoms with van der Waals surface area (Å²) in [6.07, 6.45) is 4.83. The maximum Gasteiger partial charge on any atom is 0.340 e. The highest BCUT2D eigenvalue weighted by molar-refractivity contribution is 6.36. The van der Waals surface area contributed by atoms with Crippen LogP contribution < -0.4 is 15.0 Å². The fraction of sp³-hybridized carbons (Fsp3) is 0.265. The molecule has 40 heavy (non-hydrogen) atoms. The van der Waals surface area contributed by atoms with E-state index in [1.807, 2.05) is 78.9 Å². The predicted octanol–water partition coefficient (Wildman–Crippen LogP) is 9.06. The number of esters is 1. The van der Waals surface area contributed by atoms with Gasteiger partial charge in [0.05, 0.1) is 22.0 Å². The van der Waals surface area contributed by atoms with Gasteiger partial charge in [-0.2, -0.15) is 0 Å². The summed E-state index contributed by atoms with van der Waals surface area (Å²) in [5.74, 6) is 0.985. The summed E-state index contributed by atoms with van der Waals surface area (Å²) in [5, 5.41) is 4.22. The second-order valence-electron chi connectivity index (χ2n) is 10.3. The number of nitrogens with one attached hydrogen (secondary N) is 1. The van der Waals surface area contributed by atoms with Gasteiger partial charge in [0.2, 0.25) is 0 Å². The Morgan fingerprint density at radius 1 is 0.825 bits per heavy atom. The monoisotopic (exact) mass is 552 g/mol. The second-order valence-corrected chi connectivity index (χ2v) is 10.7. The average molecular weight is 553 g/mol. The third-order valence-electron chi connectivity index (χ3n) is 7.88. The highest BCUT2D eigenvalue weighted by Gasteiger charge is 2.53. The van der Waals surface area contributed by atoms with Gasteiger partial charge in [0.15, 0.2) is 5.60 Å². The van der Waals surface area contributed by atoms with E-state index in [4.69, 9.17) is 21.1 Å². The largest absolute Gasteiger partial charge is 0.456 e. The normalized spacial score (nSPS) is 16.5. The Hall–Kier alpha value is -3.96. The molecule has 0 bridgehead atoms. The number of para-hydroxylation sites is 1. The molecule has 204 valence electrons. The summed E-state index contributed by atoms with van der Waals surface area (Å²) in [5.41, 5.74) is 4.53. The minimum absolute atomic E-state index is 0.342. The van der Waals surface area contributed by atoms with E-state index in [0.717, 1.165) is 53.3 Å². The minimum Gasteiger partial charge on any atom is -0.456 e. The lowest BCUT2D eigenvalue weighted by molar-refractivity contribution is 0.0224. The van der Waals surface area contributed by atoms with Gasteiger partial charge in [0.1, 0.15) is 11.5 Å². The van der Waals surface area contributed by atoms with Gasteiger partial charge in [-0.25, -0.2) is 4.79 Å². The molecule has 0 saturated carbocycles. The Bertz CT molecular complexity index is 1570. The van der Waals surface area contributed by atoms with Gasteiger partial charge in [0.25, 0.3) is 0 Å². The van der Waals surface area contributed by atoms with Crippen LogP contribution in [0.2, 0.25) is 5.02 Å². The van der Waals surface area contributed by atoms with Crippen LogP contribution in [0.15, 0.2) is 84.9 Å². The number of anilines is 3. The topological polar surface area (TPSA) is 50.8 Å². The van der Waals surface area contributed by atoms with Gasteiger partial charge >= 0.3 is 5.97 Å². The molecule has 2 heterocycles. The van der Waals surface area contributed by atoms with Crippen LogP contribution in [0, 0.1) is 0 Å². The SMILES string of the molecule is CCCCCCN(CC)c1cccc(Nc2ccc3c(c2)C2(OC(=O)c4ccccc42)c2ccccc2O3)c1Cl. The lowest BCUT2D eigenvalue weighted by atomic mass is 9.77. The van der Waals surface area contributed by atoms with Crippen LogP contribution in [-0.4, -0.2) is 19.1 Å². The molecule has 4 aromatic carbocycles. The van der Waals surface area contributed by atoms with E-state index >= 15 is 0 Å². The number of carbonyl (C=O) groups excluding carboxylic acids is 1. The minimum atomic E-state index is -1.10. The highest BCUT2D eigenvalue weighted by atomic mass is 35.5. The van der Waals surface area contributed by atoms with E-state index in [1.165, 1.54) is 19.3 Å². The molecular weight excluding hydrogens is 520 g/mol. The van der Waals surface area contributed by atoms with Crippen molar-refractivity contribution in [3.8, 4) is 11.5 Å². The molecule has 6 rings (SSSR count). The molecule has 1 N–H and O–H groups in total. The van der Waals surface area contributed by atoms with Gasteiger partial charge in [-0.15, -0.1) is 0 Å². The maximum atomic E-state index is 13.1. The smallest absolute Gasteiger partial charge is 0.340 e. The van der Waals surface area contributed by atoms with E-state index < -0.39 is 5.60 Å². The van der Waals surface area contributed by atoms with Crippen LogP contribution in [-0.2, 0) is 10.3 Å². The Morgan fingerprint density at radius 3 is 2.42 bits per heavy atom. The standard InChI is InChI=1S/C34H33ClN2O3/c1-3-5-6-11-21-37(4-2)29-17-12-16-28(32(29)35)36-23-19-20-31-27(22-23)34(26-15-9-10-18-30(26)39-31)25-14-8-7-13-24(25)33(38)40-34/h7-10,12-20,22,36H,3-6,11,21H2,1-2H3. The number of fused-ring (bicyclic) bond motifs is 6. The number of nitrogens with zero attached hydrogens (tertiary/aromatic N) is 1. The molecule has 5 nitrogen and oxygen atoms in total. The lowest BCUT2D eigenvalue weighted by Gasteiger charge is -2.36. The number of ether oxygens (including phenoxy) is 2. The first-order chi connectivity index (χ1) is 19.6. The molecule has 0 radical (unpaired) electrons. The Kier molecular flexibility index (Phi) is 7.16. The van der Waals surface area contributed by atoms with E-state index in [9.17, 15) is 4.79 Å². The van der Waals surface area contributed by atoms with Crippen LogP contribution in [0.4, 0.5) is 17.1 Å². The summed E-state index contributed by atoms with van der Waals surface area (Å²) < 4.78 is 12.6. The molecule has 1 unspecified atom stereocenters. The third kappa shape index (κ3) is 4.39. The van der Waals surface area contributed by atoms with E-state index in [0.29, 0.717) is 22.1 Å². The number of hydrogen-bond acceptors (Lipinski definition) is 5. The Morgan fingerprint density at radius 2 is 1.60 bits per heavy atom. The molecule has 0 aromatic heterocycles. The molecule has 0 fully saturated rings. The molecule has 2 aliphatic rings. The van der Waals surface area contributed by atoms with Crippen molar-refractivity contribution in [2.45, 2.75) is 45.1 Å². The van der Waals surface area contributed by atoms with Crippen molar-refractivity contribution in [1.29, 1.82) is 0 Å². The fourth-order valence-corrected chi connectivity index (χ4v) is 6.19. The van der Waals surface area contributed by atoms with Crippen molar-refractivity contribution < 1.29 is 14.3 Å². The van der Waals surface area contributed by atoms with Crippen molar-refractivity contribution >= 4 is 34.6 Å². The molecule has 2 aliphatic heterocycles. The molecule has 1 atom stereocenters. The van der Waals surface area contributed by atoms with Crippen LogP contribution in [0.25, 0.3) is 0 Å². The number of rotatable bonds is 9. The van der Waals surface area contributed by atoms with Gasteiger partial charge in [-0.3, -0.25) is 0 Å². The zero-order valence-corrected chi connectivity index (χ0v) is 23.6. The van der Waals surface area contributed by atoms with Crippen LogP contribution in [0.3, 0.4) is 0 Å². The van der Waals surface area contributed by atoms with Gasteiger partial charge in [-0.1, -0.05) is 80.3 Å². The Labute approximate surface area is 240 Å². The van der Waals surface area contributed by atoms with Crippen LogP contribution in [0.5, 0.6) is 11.5 Å². The molecule has 0 amide bonds. The number of hydrogen-bond donors (Lipinski definition) is 1. The van der Waals surface area contributed by atoms with Crippen LogP contribution in [0.1, 0.15) is 66.6 Å².